The Bertz CT molecular complexity index is 830. The molecule has 0 unspecified atom stereocenters. The lowest BCUT2D eigenvalue weighted by Crippen LogP contribution is -2.48. The normalized spacial score (nSPS) is 10.1. The maximum absolute atomic E-state index is 12.2. The molecular weight excluding hydrogens is 446 g/mol. The molecule has 0 saturated carbocycles. The van der Waals surface area contributed by atoms with Gasteiger partial charge in [-0.3, -0.25) is 25.8 Å². The first-order valence-corrected chi connectivity index (χ1v) is 9.68. The number of carbonyl (C=O) groups is 2. The van der Waals surface area contributed by atoms with E-state index in [1.54, 1.807) is 48.5 Å². The smallest absolute Gasteiger partial charge is 0.270 e. The molecule has 0 radical (unpaired) electrons. The molecule has 2 rings (SSSR count). The molecule has 0 aliphatic rings. The molecule has 0 atom stereocenters. The van der Waals surface area contributed by atoms with Gasteiger partial charge < -0.3 is 9.47 Å². The molecule has 0 heterocycles. The molecule has 0 aliphatic carbocycles. The lowest BCUT2D eigenvalue weighted by molar-refractivity contribution is 0.0934. The fourth-order valence-electron chi connectivity index (χ4n) is 2.10. The number of hydrogen-bond acceptors (Lipinski definition) is 5. The van der Waals surface area contributed by atoms with Gasteiger partial charge in [0, 0.05) is 16.6 Å². The molecule has 0 saturated heterocycles. The van der Waals surface area contributed by atoms with E-state index in [9.17, 15) is 9.59 Å². The Kier molecular flexibility index (Phi) is 8.86. The van der Waals surface area contributed by atoms with E-state index < -0.39 is 11.8 Å². The lowest BCUT2D eigenvalue weighted by atomic mass is 10.2. The Hall–Kier alpha value is -2.49. The van der Waals surface area contributed by atoms with Crippen LogP contribution >= 0.6 is 28.1 Å². The average Bonchev–Trinajstić information content (AvgIpc) is 2.70. The van der Waals surface area contributed by atoms with Crippen molar-refractivity contribution in [2.45, 2.75) is 6.92 Å². The first-order valence-electron chi connectivity index (χ1n) is 8.48. The number of nitrogens with one attached hydrogen (secondary N) is 3. The minimum absolute atomic E-state index is 0.0255. The first kappa shape index (κ1) is 21.8. The highest BCUT2D eigenvalue weighted by Crippen LogP contribution is 2.15. The van der Waals surface area contributed by atoms with Crippen LogP contribution in [0.2, 0.25) is 0 Å². The van der Waals surface area contributed by atoms with Gasteiger partial charge in [0.2, 0.25) is 0 Å². The SMILES string of the molecule is CCOCCOc1ccc(C(=O)NC(=S)NNC(=O)c2ccccc2Br)cc1. The van der Waals surface area contributed by atoms with E-state index in [1.165, 1.54) is 0 Å². The number of thiocarbonyl (C=S) groups is 1. The Morgan fingerprint density at radius 3 is 2.39 bits per heavy atom. The van der Waals surface area contributed by atoms with Crippen LogP contribution in [-0.4, -0.2) is 36.7 Å². The highest BCUT2D eigenvalue weighted by molar-refractivity contribution is 9.10. The van der Waals surface area contributed by atoms with Crippen molar-refractivity contribution in [1.29, 1.82) is 0 Å². The summed E-state index contributed by atoms with van der Waals surface area (Å²) in [4.78, 5) is 24.3. The summed E-state index contributed by atoms with van der Waals surface area (Å²) in [6.07, 6.45) is 0. The third kappa shape index (κ3) is 6.91. The number of carbonyl (C=O) groups excluding carboxylic acids is 2. The number of halogens is 1. The zero-order chi connectivity index (χ0) is 20.4. The number of benzene rings is 2. The van der Waals surface area contributed by atoms with Gasteiger partial charge >= 0.3 is 0 Å². The highest BCUT2D eigenvalue weighted by Gasteiger charge is 2.11. The van der Waals surface area contributed by atoms with Gasteiger partial charge in [0.05, 0.1) is 12.2 Å². The van der Waals surface area contributed by atoms with E-state index in [1.807, 2.05) is 6.92 Å². The molecule has 28 heavy (non-hydrogen) atoms. The van der Waals surface area contributed by atoms with Crippen molar-refractivity contribution in [3.63, 3.8) is 0 Å². The summed E-state index contributed by atoms with van der Waals surface area (Å²) in [6, 6.07) is 13.6. The zero-order valence-corrected chi connectivity index (χ0v) is 17.6. The summed E-state index contributed by atoms with van der Waals surface area (Å²) in [5.41, 5.74) is 5.77. The van der Waals surface area contributed by atoms with Gasteiger partial charge in [-0.05, 0) is 71.5 Å². The standard InChI is InChI=1S/C19H20BrN3O4S/c1-2-26-11-12-27-14-9-7-13(8-10-14)17(24)21-19(28)23-22-18(25)15-5-3-4-6-16(15)20/h3-10H,2,11-12H2,1H3,(H,22,25)(H2,21,23,24,28). The highest BCUT2D eigenvalue weighted by atomic mass is 79.9. The minimum Gasteiger partial charge on any atom is -0.491 e. The second-order valence-corrected chi connectivity index (χ2v) is 6.67. The maximum Gasteiger partial charge on any atom is 0.270 e. The fraction of sp³-hybridized carbons (Fsp3) is 0.211. The second-order valence-electron chi connectivity index (χ2n) is 5.41. The van der Waals surface area contributed by atoms with Crippen LogP contribution in [0.5, 0.6) is 5.75 Å². The third-order valence-corrected chi connectivity index (χ3v) is 4.35. The van der Waals surface area contributed by atoms with Gasteiger partial charge in [-0.25, -0.2) is 0 Å². The van der Waals surface area contributed by atoms with Crippen LogP contribution in [0.1, 0.15) is 27.6 Å². The third-order valence-electron chi connectivity index (χ3n) is 3.45. The predicted octanol–water partition coefficient (Wildman–Crippen LogP) is 2.81. The van der Waals surface area contributed by atoms with E-state index in [4.69, 9.17) is 21.7 Å². The van der Waals surface area contributed by atoms with E-state index >= 15 is 0 Å². The minimum atomic E-state index is -0.409. The van der Waals surface area contributed by atoms with Crippen molar-refractivity contribution in [2.75, 3.05) is 19.8 Å². The van der Waals surface area contributed by atoms with Crippen LogP contribution in [0, 0.1) is 0 Å². The summed E-state index contributed by atoms with van der Waals surface area (Å²) >= 11 is 8.33. The summed E-state index contributed by atoms with van der Waals surface area (Å²) in [5.74, 6) is -0.163. The van der Waals surface area contributed by atoms with Gasteiger partial charge in [-0.1, -0.05) is 12.1 Å². The fourth-order valence-corrected chi connectivity index (χ4v) is 2.71. The largest absolute Gasteiger partial charge is 0.491 e. The number of hydrogen-bond donors (Lipinski definition) is 3. The Morgan fingerprint density at radius 1 is 1.00 bits per heavy atom. The average molecular weight is 466 g/mol. The van der Waals surface area contributed by atoms with Crippen molar-refractivity contribution in [3.05, 3.63) is 64.1 Å². The van der Waals surface area contributed by atoms with Gasteiger partial charge in [0.1, 0.15) is 12.4 Å². The van der Waals surface area contributed by atoms with Crippen LogP contribution < -0.4 is 20.9 Å². The Balaban J connectivity index is 1.79. The molecule has 2 aromatic rings. The lowest BCUT2D eigenvalue weighted by Gasteiger charge is -2.12. The van der Waals surface area contributed by atoms with Crippen LogP contribution in [0.15, 0.2) is 53.0 Å². The van der Waals surface area contributed by atoms with Gasteiger partial charge in [-0.15, -0.1) is 0 Å². The molecular formula is C19H20BrN3O4S. The molecule has 9 heteroatoms. The summed E-state index contributed by atoms with van der Waals surface area (Å²) < 4.78 is 11.3. The van der Waals surface area contributed by atoms with Crippen LogP contribution in [0.3, 0.4) is 0 Å². The summed E-state index contributed by atoms with van der Waals surface area (Å²) in [7, 11) is 0. The molecule has 0 bridgehead atoms. The predicted molar refractivity (Wildman–Crippen MR) is 113 cm³/mol. The second kappa shape index (κ2) is 11.4. The van der Waals surface area contributed by atoms with Crippen molar-refractivity contribution in [3.8, 4) is 5.75 Å². The van der Waals surface area contributed by atoms with E-state index in [0.29, 0.717) is 41.2 Å². The Morgan fingerprint density at radius 2 is 1.71 bits per heavy atom. The van der Waals surface area contributed by atoms with Gasteiger partial charge in [-0.2, -0.15) is 0 Å². The Labute approximate surface area is 176 Å². The van der Waals surface area contributed by atoms with Crippen molar-refractivity contribution in [2.24, 2.45) is 0 Å². The van der Waals surface area contributed by atoms with Crippen molar-refractivity contribution >= 4 is 45.1 Å². The van der Waals surface area contributed by atoms with E-state index in [0.717, 1.165) is 0 Å². The van der Waals surface area contributed by atoms with Crippen LogP contribution in [0.4, 0.5) is 0 Å². The summed E-state index contributed by atoms with van der Waals surface area (Å²) in [6.45, 7) is 3.49. The number of rotatable bonds is 7. The van der Waals surface area contributed by atoms with Crippen molar-refractivity contribution < 1.29 is 19.1 Å². The molecule has 2 aromatic carbocycles. The number of amides is 2. The van der Waals surface area contributed by atoms with E-state index in [2.05, 4.69) is 32.1 Å². The first-order chi connectivity index (χ1) is 13.5. The molecule has 148 valence electrons. The number of ether oxygens (including phenoxy) is 2. The zero-order valence-electron chi connectivity index (χ0n) is 15.2. The monoisotopic (exact) mass is 465 g/mol. The van der Waals surface area contributed by atoms with Crippen LogP contribution in [-0.2, 0) is 4.74 Å². The summed E-state index contributed by atoms with van der Waals surface area (Å²) in [5, 5.41) is 2.47. The molecule has 0 aliphatic heterocycles. The molecule has 7 nitrogen and oxygen atoms in total. The van der Waals surface area contributed by atoms with Crippen LogP contribution in [0.25, 0.3) is 0 Å². The maximum atomic E-state index is 12.2. The van der Waals surface area contributed by atoms with Gasteiger partial charge in [0.25, 0.3) is 11.8 Å². The molecule has 0 fully saturated rings. The molecule has 3 N–H and O–H groups in total. The molecule has 0 aromatic heterocycles. The number of hydrazine groups is 1. The molecule has 0 spiro atoms. The quantitative estimate of drug-likeness (QED) is 0.331. The van der Waals surface area contributed by atoms with Crippen molar-refractivity contribution in [1.82, 2.24) is 16.2 Å². The van der Waals surface area contributed by atoms with Gasteiger partial charge in [0.15, 0.2) is 5.11 Å². The molecule has 2 amide bonds. The van der Waals surface area contributed by atoms with E-state index in [-0.39, 0.29) is 5.11 Å². The topological polar surface area (TPSA) is 88.7 Å².